The summed E-state index contributed by atoms with van der Waals surface area (Å²) in [7, 11) is 2.87. The standard InChI is InChI=1S/C19H18ClN3O4S/c1-26-9-3-8-23-16-15(17(24)22-19(23)28)13(18(25)27-2)10-14(21-16)11-4-6-12(20)7-5-11/h4-7,10H,3,8-9H2,1-2H3,(H,22,24,28). The maximum atomic E-state index is 12.6. The predicted octanol–water partition coefficient (Wildman–Crippen LogP) is 3.60. The summed E-state index contributed by atoms with van der Waals surface area (Å²) in [5.74, 6) is -0.631. The molecule has 0 saturated carbocycles. The van der Waals surface area contributed by atoms with E-state index < -0.39 is 11.5 Å². The van der Waals surface area contributed by atoms with Crippen molar-refractivity contribution in [3.05, 3.63) is 56.0 Å². The van der Waals surface area contributed by atoms with E-state index >= 15 is 0 Å². The number of aryl methyl sites for hydroxylation is 1. The molecule has 2 heterocycles. The van der Waals surface area contributed by atoms with Crippen molar-refractivity contribution >= 4 is 40.8 Å². The second-order valence-corrected chi connectivity index (χ2v) is 6.83. The first-order valence-corrected chi connectivity index (χ1v) is 9.26. The molecule has 0 aliphatic carbocycles. The lowest BCUT2D eigenvalue weighted by Gasteiger charge is -2.14. The Hall–Kier alpha value is -2.55. The number of rotatable bonds is 6. The summed E-state index contributed by atoms with van der Waals surface area (Å²) in [6.45, 7) is 0.987. The number of fused-ring (bicyclic) bond motifs is 1. The summed E-state index contributed by atoms with van der Waals surface area (Å²) in [5.41, 5.74) is 1.20. The first kappa shape index (κ1) is 20.2. The zero-order valence-electron chi connectivity index (χ0n) is 15.3. The summed E-state index contributed by atoms with van der Waals surface area (Å²) in [6, 6.07) is 8.56. The molecule has 0 amide bonds. The number of benzene rings is 1. The van der Waals surface area contributed by atoms with Crippen LogP contribution in [0.25, 0.3) is 22.3 Å². The molecule has 0 radical (unpaired) electrons. The maximum Gasteiger partial charge on any atom is 0.338 e. The van der Waals surface area contributed by atoms with Crippen molar-refractivity contribution in [2.24, 2.45) is 0 Å². The number of pyridine rings is 1. The first-order valence-electron chi connectivity index (χ1n) is 8.47. The minimum absolute atomic E-state index is 0.120. The van der Waals surface area contributed by atoms with E-state index in [1.165, 1.54) is 13.2 Å². The molecule has 7 nitrogen and oxygen atoms in total. The Bertz CT molecular complexity index is 1140. The summed E-state index contributed by atoms with van der Waals surface area (Å²) >= 11 is 11.3. The van der Waals surface area contributed by atoms with Gasteiger partial charge in [0.05, 0.1) is 23.8 Å². The van der Waals surface area contributed by atoms with Crippen molar-refractivity contribution in [1.29, 1.82) is 0 Å². The van der Waals surface area contributed by atoms with Crippen molar-refractivity contribution < 1.29 is 14.3 Å². The minimum atomic E-state index is -0.631. The van der Waals surface area contributed by atoms with Gasteiger partial charge >= 0.3 is 5.97 Å². The number of halogens is 1. The number of nitrogens with one attached hydrogen (secondary N) is 1. The van der Waals surface area contributed by atoms with E-state index in [9.17, 15) is 9.59 Å². The number of hydrogen-bond acceptors (Lipinski definition) is 6. The molecule has 1 aromatic carbocycles. The third-order valence-corrected chi connectivity index (χ3v) is 4.80. The van der Waals surface area contributed by atoms with E-state index in [0.29, 0.717) is 35.9 Å². The zero-order chi connectivity index (χ0) is 20.3. The Morgan fingerprint density at radius 1 is 1.29 bits per heavy atom. The molecule has 0 saturated heterocycles. The number of ether oxygens (including phenoxy) is 2. The molecule has 0 unspecified atom stereocenters. The molecule has 0 fully saturated rings. The highest BCUT2D eigenvalue weighted by molar-refractivity contribution is 7.71. The highest BCUT2D eigenvalue weighted by Crippen LogP contribution is 2.25. The van der Waals surface area contributed by atoms with Crippen molar-refractivity contribution in [2.45, 2.75) is 13.0 Å². The number of hydrogen-bond donors (Lipinski definition) is 1. The molecule has 2 aromatic heterocycles. The van der Waals surface area contributed by atoms with E-state index in [1.807, 2.05) is 0 Å². The van der Waals surface area contributed by atoms with Gasteiger partial charge in [-0.3, -0.25) is 9.78 Å². The number of carbonyl (C=O) groups is 1. The SMILES string of the molecule is COCCCn1c(=S)[nH]c(=O)c2c(C(=O)OC)cc(-c3ccc(Cl)cc3)nc21. The van der Waals surface area contributed by atoms with Gasteiger partial charge < -0.3 is 14.0 Å². The average Bonchev–Trinajstić information content (AvgIpc) is 2.69. The van der Waals surface area contributed by atoms with Crippen LogP contribution in [-0.2, 0) is 16.0 Å². The molecule has 3 rings (SSSR count). The van der Waals surface area contributed by atoms with E-state index in [2.05, 4.69) is 9.97 Å². The molecule has 3 aromatic rings. The van der Waals surface area contributed by atoms with Gasteiger partial charge in [-0.25, -0.2) is 9.78 Å². The number of nitrogens with zero attached hydrogens (tertiary/aromatic N) is 2. The van der Waals surface area contributed by atoms with Crippen LogP contribution in [-0.4, -0.2) is 41.3 Å². The van der Waals surface area contributed by atoms with Gasteiger partial charge in [-0.05, 0) is 36.8 Å². The quantitative estimate of drug-likeness (QED) is 0.373. The number of methoxy groups -OCH3 is 2. The van der Waals surface area contributed by atoms with E-state index in [1.54, 1.807) is 35.9 Å². The lowest BCUT2D eigenvalue weighted by molar-refractivity contribution is 0.0603. The maximum absolute atomic E-state index is 12.6. The first-order chi connectivity index (χ1) is 13.5. The molecule has 0 aliphatic heterocycles. The Labute approximate surface area is 170 Å². The molecule has 0 aliphatic rings. The van der Waals surface area contributed by atoms with Crippen molar-refractivity contribution in [3.8, 4) is 11.3 Å². The molecule has 1 N–H and O–H groups in total. The Morgan fingerprint density at radius 2 is 2.00 bits per heavy atom. The molecular formula is C19H18ClN3O4S. The molecule has 28 heavy (non-hydrogen) atoms. The molecule has 0 atom stereocenters. The van der Waals surface area contributed by atoms with Crippen molar-refractivity contribution in [3.63, 3.8) is 0 Å². The fraction of sp³-hybridized carbons (Fsp3) is 0.263. The molecule has 146 valence electrons. The normalized spacial score (nSPS) is 11.0. The van der Waals surface area contributed by atoms with Gasteiger partial charge in [0, 0.05) is 30.8 Å². The fourth-order valence-electron chi connectivity index (χ4n) is 2.89. The molecule has 0 bridgehead atoms. The second kappa shape index (κ2) is 8.64. The zero-order valence-corrected chi connectivity index (χ0v) is 16.9. The molecule has 9 heteroatoms. The number of H-pyrrole nitrogens is 1. The van der Waals surface area contributed by atoms with Crippen LogP contribution >= 0.6 is 23.8 Å². The lowest BCUT2D eigenvalue weighted by atomic mass is 10.1. The largest absolute Gasteiger partial charge is 0.465 e. The Kier molecular flexibility index (Phi) is 6.23. The van der Waals surface area contributed by atoms with Gasteiger partial charge in [0.2, 0.25) is 0 Å². The van der Waals surface area contributed by atoms with Crippen molar-refractivity contribution in [2.75, 3.05) is 20.8 Å². The van der Waals surface area contributed by atoms with Gasteiger partial charge in [0.25, 0.3) is 5.56 Å². The average molecular weight is 420 g/mol. The summed E-state index contributed by atoms with van der Waals surface area (Å²) in [5, 5.41) is 0.715. The van der Waals surface area contributed by atoms with Gasteiger partial charge in [-0.1, -0.05) is 23.7 Å². The smallest absolute Gasteiger partial charge is 0.338 e. The van der Waals surface area contributed by atoms with Crippen molar-refractivity contribution in [1.82, 2.24) is 14.5 Å². The van der Waals surface area contributed by atoms with Crippen LogP contribution in [0.5, 0.6) is 0 Å². The molecule has 0 spiro atoms. The molecular weight excluding hydrogens is 402 g/mol. The van der Waals surface area contributed by atoms with Gasteiger partial charge in [0.15, 0.2) is 4.77 Å². The third-order valence-electron chi connectivity index (χ3n) is 4.22. The van der Waals surface area contributed by atoms with Gasteiger partial charge in [0.1, 0.15) is 5.65 Å². The number of aromatic amines is 1. The van der Waals surface area contributed by atoms with Crippen LogP contribution in [0.2, 0.25) is 5.02 Å². The van der Waals surface area contributed by atoms with Gasteiger partial charge in [-0.15, -0.1) is 0 Å². The summed E-state index contributed by atoms with van der Waals surface area (Å²) in [4.78, 5) is 32.2. The van der Waals surface area contributed by atoms with Crippen LogP contribution in [0.15, 0.2) is 35.1 Å². The second-order valence-electron chi connectivity index (χ2n) is 6.01. The topological polar surface area (TPSA) is 86.2 Å². The monoisotopic (exact) mass is 419 g/mol. The highest BCUT2D eigenvalue weighted by atomic mass is 35.5. The lowest BCUT2D eigenvalue weighted by Crippen LogP contribution is -2.20. The van der Waals surface area contributed by atoms with Crippen LogP contribution in [0.1, 0.15) is 16.8 Å². The van der Waals surface area contributed by atoms with Crippen LogP contribution in [0.3, 0.4) is 0 Å². The number of carbonyl (C=O) groups excluding carboxylic acids is 1. The predicted molar refractivity (Wildman–Crippen MR) is 109 cm³/mol. The summed E-state index contributed by atoms with van der Waals surface area (Å²) in [6.07, 6.45) is 0.659. The van der Waals surface area contributed by atoms with Crippen LogP contribution in [0, 0.1) is 4.77 Å². The van der Waals surface area contributed by atoms with Crippen LogP contribution in [0.4, 0.5) is 0 Å². The minimum Gasteiger partial charge on any atom is -0.465 e. The van der Waals surface area contributed by atoms with E-state index in [-0.39, 0.29) is 15.7 Å². The number of aromatic nitrogens is 3. The van der Waals surface area contributed by atoms with E-state index in [4.69, 9.17) is 33.3 Å². The Morgan fingerprint density at radius 3 is 2.64 bits per heavy atom. The Balaban J connectivity index is 2.33. The fourth-order valence-corrected chi connectivity index (χ4v) is 3.28. The van der Waals surface area contributed by atoms with Crippen LogP contribution < -0.4 is 5.56 Å². The number of esters is 1. The van der Waals surface area contributed by atoms with E-state index in [0.717, 1.165) is 5.56 Å². The van der Waals surface area contributed by atoms with Gasteiger partial charge in [-0.2, -0.15) is 0 Å². The third kappa shape index (κ3) is 3.99. The highest BCUT2D eigenvalue weighted by Gasteiger charge is 2.19. The summed E-state index contributed by atoms with van der Waals surface area (Å²) < 4.78 is 11.9.